The summed E-state index contributed by atoms with van der Waals surface area (Å²) in [5.74, 6) is 0.183. The van der Waals surface area contributed by atoms with Gasteiger partial charge in [0.1, 0.15) is 5.69 Å². The van der Waals surface area contributed by atoms with Crippen molar-refractivity contribution in [2.75, 3.05) is 13.1 Å². The summed E-state index contributed by atoms with van der Waals surface area (Å²) in [4.78, 5) is 23.2. The zero-order valence-electron chi connectivity index (χ0n) is 15.6. The monoisotopic (exact) mass is 361 g/mol. The number of nitrogens with one attached hydrogen (secondary N) is 1. The van der Waals surface area contributed by atoms with Crippen LogP contribution < -0.4 is 0 Å². The lowest BCUT2D eigenvalue weighted by Gasteiger charge is -2.32. The number of piperidine rings is 1. The lowest BCUT2D eigenvalue weighted by molar-refractivity contribution is 0.0699. The van der Waals surface area contributed by atoms with Gasteiger partial charge < -0.3 is 4.90 Å². The summed E-state index contributed by atoms with van der Waals surface area (Å²) in [6.45, 7) is 5.39. The molecule has 3 aromatic rings. The Morgan fingerprint density at radius 3 is 2.74 bits per heavy atom. The van der Waals surface area contributed by atoms with E-state index < -0.39 is 0 Å². The van der Waals surface area contributed by atoms with Crippen LogP contribution >= 0.6 is 0 Å². The second-order valence-electron chi connectivity index (χ2n) is 7.15. The van der Waals surface area contributed by atoms with Crippen LogP contribution in [0.5, 0.6) is 0 Å². The number of hydrogen-bond donors (Lipinski definition) is 1. The molecule has 1 atom stereocenters. The van der Waals surface area contributed by atoms with Crippen molar-refractivity contribution in [1.29, 1.82) is 0 Å². The predicted molar refractivity (Wildman–Crippen MR) is 103 cm³/mol. The largest absolute Gasteiger partial charge is 0.337 e. The molecule has 0 saturated carbocycles. The van der Waals surface area contributed by atoms with Crippen molar-refractivity contribution in [2.24, 2.45) is 0 Å². The number of nitrogens with zero attached hydrogens (tertiary/aromatic N) is 4. The molecule has 1 fully saturated rings. The van der Waals surface area contributed by atoms with E-state index in [1.807, 2.05) is 30.2 Å². The number of aromatic nitrogens is 4. The van der Waals surface area contributed by atoms with Crippen LogP contribution in [0.4, 0.5) is 0 Å². The van der Waals surface area contributed by atoms with Crippen LogP contribution in [0.15, 0.2) is 42.9 Å². The molecule has 3 heterocycles. The van der Waals surface area contributed by atoms with E-state index in [0.29, 0.717) is 12.2 Å². The first-order valence-corrected chi connectivity index (χ1v) is 9.30. The number of aryl methyl sites for hydroxylation is 2. The van der Waals surface area contributed by atoms with E-state index >= 15 is 0 Å². The Hall–Kier alpha value is -3.02. The Bertz CT molecular complexity index is 947. The molecule has 6 nitrogen and oxygen atoms in total. The molecule has 1 aromatic carbocycles. The van der Waals surface area contributed by atoms with E-state index in [0.717, 1.165) is 36.3 Å². The molecule has 1 aliphatic rings. The van der Waals surface area contributed by atoms with Gasteiger partial charge in [-0.05, 0) is 37.8 Å². The summed E-state index contributed by atoms with van der Waals surface area (Å²) in [5, 5.41) is 7.49. The zero-order chi connectivity index (χ0) is 18.8. The van der Waals surface area contributed by atoms with Crippen LogP contribution in [0.3, 0.4) is 0 Å². The maximum Gasteiger partial charge on any atom is 0.274 e. The zero-order valence-corrected chi connectivity index (χ0v) is 15.6. The highest BCUT2D eigenvalue weighted by Gasteiger charge is 2.29. The Balaban J connectivity index is 1.58. The van der Waals surface area contributed by atoms with Gasteiger partial charge in [-0.1, -0.05) is 24.3 Å². The average Bonchev–Trinajstić information content (AvgIpc) is 3.18. The lowest BCUT2D eigenvalue weighted by Crippen LogP contribution is -2.39. The molecule has 4 rings (SSSR count). The summed E-state index contributed by atoms with van der Waals surface area (Å²) in [6, 6.07) is 8.32. The van der Waals surface area contributed by atoms with Crippen LogP contribution in [0.25, 0.3) is 11.1 Å². The third-order valence-electron chi connectivity index (χ3n) is 5.22. The molecule has 1 amide bonds. The number of carbonyl (C=O) groups excluding carboxylic acids is 1. The fourth-order valence-electron chi connectivity index (χ4n) is 3.76. The Kier molecular flexibility index (Phi) is 4.71. The molecule has 27 heavy (non-hydrogen) atoms. The number of benzene rings is 1. The molecule has 0 radical (unpaired) electrons. The summed E-state index contributed by atoms with van der Waals surface area (Å²) in [6.07, 6.45) is 7.09. The van der Waals surface area contributed by atoms with Gasteiger partial charge >= 0.3 is 0 Å². The highest BCUT2D eigenvalue weighted by atomic mass is 16.2. The first-order valence-electron chi connectivity index (χ1n) is 9.30. The van der Waals surface area contributed by atoms with Gasteiger partial charge in [-0.15, -0.1) is 0 Å². The van der Waals surface area contributed by atoms with E-state index in [1.165, 1.54) is 11.1 Å². The van der Waals surface area contributed by atoms with Gasteiger partial charge in [0, 0.05) is 36.5 Å². The van der Waals surface area contributed by atoms with Gasteiger partial charge in [-0.25, -0.2) is 4.98 Å². The van der Waals surface area contributed by atoms with E-state index in [-0.39, 0.29) is 11.8 Å². The molecule has 6 heteroatoms. The van der Waals surface area contributed by atoms with E-state index in [2.05, 4.69) is 39.2 Å². The van der Waals surface area contributed by atoms with Gasteiger partial charge in [0.15, 0.2) is 0 Å². The highest BCUT2D eigenvalue weighted by Crippen LogP contribution is 2.34. The molecule has 1 saturated heterocycles. The normalized spacial score (nSPS) is 17.1. The number of likely N-dealkylation sites (tertiary alicyclic amines) is 1. The first-order chi connectivity index (χ1) is 13.1. The maximum atomic E-state index is 12.8. The first kappa shape index (κ1) is 17.4. The van der Waals surface area contributed by atoms with Gasteiger partial charge in [0.2, 0.25) is 0 Å². The van der Waals surface area contributed by atoms with E-state index in [9.17, 15) is 4.79 Å². The van der Waals surface area contributed by atoms with Gasteiger partial charge in [0.05, 0.1) is 18.1 Å². The fourth-order valence-corrected chi connectivity index (χ4v) is 3.76. The molecule has 1 unspecified atom stereocenters. The molecular weight excluding hydrogens is 338 g/mol. The van der Waals surface area contributed by atoms with Crippen molar-refractivity contribution in [1.82, 2.24) is 25.1 Å². The van der Waals surface area contributed by atoms with Crippen molar-refractivity contribution in [2.45, 2.75) is 32.6 Å². The summed E-state index contributed by atoms with van der Waals surface area (Å²) in [5.41, 5.74) is 5.86. The summed E-state index contributed by atoms with van der Waals surface area (Å²) in [7, 11) is 0. The van der Waals surface area contributed by atoms with Crippen molar-refractivity contribution in [3.05, 3.63) is 65.5 Å². The van der Waals surface area contributed by atoms with Gasteiger partial charge in [-0.3, -0.25) is 14.9 Å². The highest BCUT2D eigenvalue weighted by molar-refractivity contribution is 5.92. The van der Waals surface area contributed by atoms with Crippen LogP contribution in [0, 0.1) is 13.8 Å². The SMILES string of the molecule is Cc1cnc(C(=O)N2CCCC(c3[nH]ncc3-c3ccccc3C)C2)cn1. The molecular formula is C21H23N5O. The van der Waals surface area contributed by atoms with Crippen molar-refractivity contribution in [3.63, 3.8) is 0 Å². The maximum absolute atomic E-state index is 12.8. The third-order valence-corrected chi connectivity index (χ3v) is 5.22. The standard InChI is InChI=1S/C21H23N5O/c1-14-6-3-4-8-17(14)18-11-24-25-20(18)16-7-5-9-26(13-16)21(27)19-12-22-15(2)10-23-19/h3-4,6,8,10-12,16H,5,7,9,13H2,1-2H3,(H,24,25). The Morgan fingerprint density at radius 1 is 1.11 bits per heavy atom. The molecule has 1 aliphatic heterocycles. The van der Waals surface area contributed by atoms with Gasteiger partial charge in [-0.2, -0.15) is 5.10 Å². The lowest BCUT2D eigenvalue weighted by atomic mass is 9.89. The predicted octanol–water partition coefficient (Wildman–Crippen LogP) is 3.50. The van der Waals surface area contributed by atoms with Crippen LogP contribution in [-0.2, 0) is 0 Å². The second-order valence-corrected chi connectivity index (χ2v) is 7.15. The summed E-state index contributed by atoms with van der Waals surface area (Å²) >= 11 is 0. The molecule has 0 aliphatic carbocycles. The fraction of sp³-hybridized carbons (Fsp3) is 0.333. The molecule has 0 bridgehead atoms. The number of rotatable bonds is 3. The van der Waals surface area contributed by atoms with Crippen molar-refractivity contribution < 1.29 is 4.79 Å². The number of H-pyrrole nitrogens is 1. The number of amides is 1. The van der Waals surface area contributed by atoms with E-state index in [4.69, 9.17) is 0 Å². The Labute approximate surface area is 158 Å². The topological polar surface area (TPSA) is 74.8 Å². The van der Waals surface area contributed by atoms with Crippen LogP contribution in [0.2, 0.25) is 0 Å². The molecule has 0 spiro atoms. The van der Waals surface area contributed by atoms with Crippen LogP contribution in [0.1, 0.15) is 46.2 Å². The molecule has 1 N–H and O–H groups in total. The van der Waals surface area contributed by atoms with Crippen LogP contribution in [-0.4, -0.2) is 44.1 Å². The quantitative estimate of drug-likeness (QED) is 0.775. The van der Waals surface area contributed by atoms with Crippen molar-refractivity contribution >= 4 is 5.91 Å². The van der Waals surface area contributed by atoms with E-state index in [1.54, 1.807) is 12.4 Å². The minimum atomic E-state index is -0.0517. The second kappa shape index (κ2) is 7.31. The van der Waals surface area contributed by atoms with Gasteiger partial charge in [0.25, 0.3) is 5.91 Å². The Morgan fingerprint density at radius 2 is 1.96 bits per heavy atom. The third kappa shape index (κ3) is 3.47. The number of carbonyl (C=O) groups is 1. The summed E-state index contributed by atoms with van der Waals surface area (Å²) < 4.78 is 0. The number of hydrogen-bond acceptors (Lipinski definition) is 4. The minimum absolute atomic E-state index is 0.0517. The minimum Gasteiger partial charge on any atom is -0.337 e. The average molecular weight is 361 g/mol. The molecule has 138 valence electrons. The smallest absolute Gasteiger partial charge is 0.274 e. The number of aromatic amines is 1. The molecule has 2 aromatic heterocycles. The van der Waals surface area contributed by atoms with Crippen molar-refractivity contribution in [3.8, 4) is 11.1 Å².